The first-order valence-corrected chi connectivity index (χ1v) is 10.6. The van der Waals surface area contributed by atoms with Gasteiger partial charge in [0, 0.05) is 11.1 Å². The molecule has 0 saturated carbocycles. The van der Waals surface area contributed by atoms with Crippen LogP contribution in [-0.2, 0) is 10.0 Å². The van der Waals surface area contributed by atoms with E-state index in [1.165, 1.54) is 6.07 Å². The molecule has 3 rings (SSSR count). The second kappa shape index (κ2) is 8.31. The fraction of sp³-hybridized carbons (Fsp3) is 0.190. The van der Waals surface area contributed by atoms with Gasteiger partial charge in [-0.05, 0) is 36.1 Å². The Morgan fingerprint density at radius 3 is 2.54 bits per heavy atom. The van der Waals surface area contributed by atoms with E-state index >= 15 is 0 Å². The number of nitrogens with two attached hydrogens (primary N) is 1. The van der Waals surface area contributed by atoms with Gasteiger partial charge in [-0.3, -0.25) is 9.52 Å². The molecule has 3 aromatic rings. The van der Waals surface area contributed by atoms with Gasteiger partial charge in [0.1, 0.15) is 11.5 Å². The van der Waals surface area contributed by atoms with Crippen molar-refractivity contribution in [3.8, 4) is 11.5 Å². The first-order chi connectivity index (χ1) is 13.4. The molecule has 0 radical (unpaired) electrons. The summed E-state index contributed by atoms with van der Waals surface area (Å²) in [5.41, 5.74) is 5.87. The van der Waals surface area contributed by atoms with E-state index in [0.29, 0.717) is 12.2 Å². The lowest BCUT2D eigenvalue weighted by Gasteiger charge is -2.14. The summed E-state index contributed by atoms with van der Waals surface area (Å²) in [5, 5.41) is 1.89. The summed E-state index contributed by atoms with van der Waals surface area (Å²) in [6.07, 6.45) is 1.32. The second-order valence-electron chi connectivity index (χ2n) is 6.43. The van der Waals surface area contributed by atoms with Crippen LogP contribution in [0.2, 0.25) is 0 Å². The lowest BCUT2D eigenvalue weighted by Crippen LogP contribution is -2.18. The summed E-state index contributed by atoms with van der Waals surface area (Å²) in [4.78, 5) is 11.9. The van der Waals surface area contributed by atoms with Crippen molar-refractivity contribution in [1.29, 1.82) is 0 Å². The van der Waals surface area contributed by atoms with E-state index in [1.54, 1.807) is 18.2 Å². The number of primary amides is 1. The van der Waals surface area contributed by atoms with Gasteiger partial charge < -0.3 is 10.5 Å². The molecule has 0 aliphatic heterocycles. The highest BCUT2D eigenvalue weighted by Gasteiger charge is 2.16. The fourth-order valence-corrected chi connectivity index (χ4v) is 4.10. The zero-order valence-electron chi connectivity index (χ0n) is 15.5. The van der Waals surface area contributed by atoms with Gasteiger partial charge in [-0.1, -0.05) is 49.7 Å². The lowest BCUT2D eigenvalue weighted by atomic mass is 10.1. The van der Waals surface area contributed by atoms with Crippen molar-refractivity contribution in [3.63, 3.8) is 0 Å². The predicted molar refractivity (Wildman–Crippen MR) is 111 cm³/mol. The van der Waals surface area contributed by atoms with Crippen LogP contribution in [0.25, 0.3) is 10.8 Å². The Kier molecular flexibility index (Phi) is 5.84. The van der Waals surface area contributed by atoms with Crippen molar-refractivity contribution in [3.05, 3.63) is 66.2 Å². The standard InChI is InChI=1S/C21H22N2O4S/c1-2-3-13-28(25,26)23-16-11-12-20(18(14-16)21(22)24)27-19-10-6-8-15-7-4-5-9-17(15)19/h4-12,14,23H,2-3,13H2,1H3,(H2,22,24). The van der Waals surface area contributed by atoms with Gasteiger partial charge in [-0.25, -0.2) is 8.42 Å². The monoisotopic (exact) mass is 398 g/mol. The maximum Gasteiger partial charge on any atom is 0.252 e. The van der Waals surface area contributed by atoms with Crippen LogP contribution in [0.1, 0.15) is 30.1 Å². The van der Waals surface area contributed by atoms with Crippen LogP contribution in [0.3, 0.4) is 0 Å². The van der Waals surface area contributed by atoms with Crippen molar-refractivity contribution >= 4 is 32.4 Å². The third-order valence-corrected chi connectivity index (χ3v) is 5.63. The average molecular weight is 398 g/mol. The molecule has 0 saturated heterocycles. The Balaban J connectivity index is 1.92. The minimum atomic E-state index is -3.48. The molecule has 6 nitrogen and oxygen atoms in total. The molecule has 0 aliphatic carbocycles. The topological polar surface area (TPSA) is 98.5 Å². The highest BCUT2D eigenvalue weighted by atomic mass is 32.2. The van der Waals surface area contributed by atoms with Crippen LogP contribution in [0.5, 0.6) is 11.5 Å². The van der Waals surface area contributed by atoms with E-state index in [2.05, 4.69) is 4.72 Å². The number of fused-ring (bicyclic) bond motifs is 1. The number of sulfonamides is 1. The molecule has 0 bridgehead atoms. The third-order valence-electron chi connectivity index (χ3n) is 4.25. The molecule has 146 valence electrons. The smallest absolute Gasteiger partial charge is 0.252 e. The Labute approximate surface area is 164 Å². The Hall–Kier alpha value is -3.06. The molecule has 3 N–H and O–H groups in total. The number of unbranched alkanes of at least 4 members (excludes halogenated alkanes) is 1. The van der Waals surface area contributed by atoms with Crippen molar-refractivity contribution in [2.75, 3.05) is 10.5 Å². The second-order valence-corrected chi connectivity index (χ2v) is 8.27. The van der Waals surface area contributed by atoms with Gasteiger partial charge in [0.05, 0.1) is 11.3 Å². The van der Waals surface area contributed by atoms with Crippen LogP contribution >= 0.6 is 0 Å². The number of ether oxygens (including phenoxy) is 1. The number of hydrogen-bond acceptors (Lipinski definition) is 4. The number of hydrogen-bond donors (Lipinski definition) is 2. The van der Waals surface area contributed by atoms with E-state index in [0.717, 1.165) is 17.2 Å². The minimum Gasteiger partial charge on any atom is -0.456 e. The SMILES string of the molecule is CCCCS(=O)(=O)Nc1ccc(Oc2cccc3ccccc23)c(C(N)=O)c1. The normalized spacial score (nSPS) is 11.3. The summed E-state index contributed by atoms with van der Waals surface area (Å²) in [7, 11) is -3.48. The van der Waals surface area contributed by atoms with Crippen LogP contribution in [0, 0.1) is 0 Å². The molecule has 28 heavy (non-hydrogen) atoms. The summed E-state index contributed by atoms with van der Waals surface area (Å²) < 4.78 is 32.6. The number of carbonyl (C=O) groups excluding carboxylic acids is 1. The number of rotatable bonds is 8. The fourth-order valence-electron chi connectivity index (χ4n) is 2.84. The molecule has 0 atom stereocenters. The van der Waals surface area contributed by atoms with Crippen LogP contribution in [0.15, 0.2) is 60.7 Å². The summed E-state index contributed by atoms with van der Waals surface area (Å²) in [6.45, 7) is 1.92. The van der Waals surface area contributed by atoms with Crippen molar-refractivity contribution in [2.45, 2.75) is 19.8 Å². The van der Waals surface area contributed by atoms with Gasteiger partial charge in [0.15, 0.2) is 0 Å². The maximum absolute atomic E-state index is 12.1. The first kappa shape index (κ1) is 19.7. The Bertz CT molecular complexity index is 1110. The predicted octanol–water partition coefficient (Wildman–Crippen LogP) is 4.27. The summed E-state index contributed by atoms with van der Waals surface area (Å²) in [5.74, 6) is 0.158. The molecule has 0 aliphatic rings. The zero-order chi connectivity index (χ0) is 20.1. The quantitative estimate of drug-likeness (QED) is 0.592. The summed E-state index contributed by atoms with van der Waals surface area (Å²) >= 11 is 0. The van der Waals surface area contributed by atoms with Crippen molar-refractivity contribution in [2.24, 2.45) is 5.73 Å². The molecule has 3 aromatic carbocycles. The van der Waals surface area contributed by atoms with E-state index in [4.69, 9.17) is 10.5 Å². The highest BCUT2D eigenvalue weighted by molar-refractivity contribution is 7.92. The van der Waals surface area contributed by atoms with Crippen molar-refractivity contribution in [1.82, 2.24) is 0 Å². The van der Waals surface area contributed by atoms with E-state index in [9.17, 15) is 13.2 Å². The Morgan fingerprint density at radius 2 is 1.79 bits per heavy atom. The highest BCUT2D eigenvalue weighted by Crippen LogP contribution is 2.32. The van der Waals surface area contributed by atoms with E-state index in [-0.39, 0.29) is 22.8 Å². The number of amides is 1. The molecule has 0 unspecified atom stereocenters. The molecule has 0 spiro atoms. The number of anilines is 1. The zero-order valence-corrected chi connectivity index (χ0v) is 16.3. The average Bonchev–Trinajstić information content (AvgIpc) is 2.67. The van der Waals surface area contributed by atoms with E-state index in [1.807, 2.05) is 43.3 Å². The van der Waals surface area contributed by atoms with E-state index < -0.39 is 15.9 Å². The molecule has 7 heteroatoms. The summed E-state index contributed by atoms with van der Waals surface area (Å²) in [6, 6.07) is 17.8. The number of benzene rings is 3. The van der Waals surface area contributed by atoms with Gasteiger partial charge in [-0.15, -0.1) is 0 Å². The number of nitrogens with one attached hydrogen (secondary N) is 1. The van der Waals surface area contributed by atoms with Gasteiger partial charge in [0.2, 0.25) is 10.0 Å². The van der Waals surface area contributed by atoms with Gasteiger partial charge in [0.25, 0.3) is 5.91 Å². The van der Waals surface area contributed by atoms with Crippen LogP contribution < -0.4 is 15.2 Å². The largest absolute Gasteiger partial charge is 0.456 e. The molecular weight excluding hydrogens is 376 g/mol. The molecule has 1 amide bonds. The number of carbonyl (C=O) groups is 1. The molecular formula is C21H22N2O4S. The van der Waals surface area contributed by atoms with Gasteiger partial charge >= 0.3 is 0 Å². The van der Waals surface area contributed by atoms with Crippen LogP contribution in [-0.4, -0.2) is 20.1 Å². The Morgan fingerprint density at radius 1 is 1.04 bits per heavy atom. The molecule has 0 heterocycles. The minimum absolute atomic E-state index is 0.0175. The first-order valence-electron chi connectivity index (χ1n) is 8.99. The lowest BCUT2D eigenvalue weighted by molar-refractivity contribution is 0.0998. The van der Waals surface area contributed by atoms with Gasteiger partial charge in [-0.2, -0.15) is 0 Å². The van der Waals surface area contributed by atoms with Crippen LogP contribution in [0.4, 0.5) is 5.69 Å². The van der Waals surface area contributed by atoms with Crippen molar-refractivity contribution < 1.29 is 17.9 Å². The third kappa shape index (κ3) is 4.61. The molecule has 0 aromatic heterocycles. The maximum atomic E-state index is 12.1. The molecule has 0 fully saturated rings.